The third kappa shape index (κ3) is 3.04. The number of aromatic nitrogens is 1. The Balaban J connectivity index is 1.83. The van der Waals surface area contributed by atoms with Gasteiger partial charge in [-0.2, -0.15) is 0 Å². The molecular weight excluding hydrogens is 273 g/mol. The largest absolute Gasteiger partial charge is 0.344 e. The minimum absolute atomic E-state index is 0.0693. The molecule has 0 aromatic carbocycles. The molecule has 1 aliphatic carbocycles. The van der Waals surface area contributed by atoms with E-state index < -0.39 is 11.9 Å². The Morgan fingerprint density at radius 3 is 2.81 bits per heavy atom. The maximum atomic E-state index is 13.2. The zero-order valence-electron chi connectivity index (χ0n) is 11.9. The monoisotopic (exact) mass is 291 g/mol. The number of hydrogen-bond donors (Lipinski definition) is 1. The summed E-state index contributed by atoms with van der Waals surface area (Å²) in [6.07, 6.45) is 4.91. The van der Waals surface area contributed by atoms with Crippen LogP contribution in [0.25, 0.3) is 0 Å². The van der Waals surface area contributed by atoms with Gasteiger partial charge in [-0.3, -0.25) is 14.6 Å². The van der Waals surface area contributed by atoms with Crippen LogP contribution in [0.1, 0.15) is 31.7 Å². The molecule has 1 saturated heterocycles. The first-order chi connectivity index (χ1) is 10.0. The lowest BCUT2D eigenvalue weighted by Crippen LogP contribution is -2.47. The number of pyridine rings is 1. The van der Waals surface area contributed by atoms with Gasteiger partial charge >= 0.3 is 0 Å². The standard InChI is InChI=1S/C15H18FN3O2/c1-9-4-13(20)18-14(11-2-3-11)15(21)19(9)8-10-5-12(16)7-17-6-10/h5-7,9,11,14H,2-4,8H2,1H3,(H,18,20). The SMILES string of the molecule is CC1CC(=O)NC(C2CC2)C(=O)N1Cc1cncc(F)c1. The molecule has 1 N–H and O–H groups in total. The highest BCUT2D eigenvalue weighted by Crippen LogP contribution is 2.35. The first-order valence-corrected chi connectivity index (χ1v) is 7.24. The molecular formula is C15H18FN3O2. The molecule has 1 aliphatic heterocycles. The van der Waals surface area contributed by atoms with Crippen molar-refractivity contribution in [2.75, 3.05) is 0 Å². The lowest BCUT2D eigenvalue weighted by Gasteiger charge is -2.28. The van der Waals surface area contributed by atoms with Gasteiger partial charge in [-0.05, 0) is 37.3 Å². The van der Waals surface area contributed by atoms with E-state index in [1.807, 2.05) is 6.92 Å². The van der Waals surface area contributed by atoms with Crippen molar-refractivity contribution in [1.82, 2.24) is 15.2 Å². The second-order valence-corrected chi connectivity index (χ2v) is 5.91. The van der Waals surface area contributed by atoms with Gasteiger partial charge in [0.05, 0.1) is 6.20 Å². The van der Waals surface area contributed by atoms with Crippen LogP contribution in [0.3, 0.4) is 0 Å². The van der Waals surface area contributed by atoms with Crippen LogP contribution in [0.2, 0.25) is 0 Å². The summed E-state index contributed by atoms with van der Waals surface area (Å²) in [5, 5.41) is 2.83. The molecule has 2 amide bonds. The molecule has 2 heterocycles. The lowest BCUT2D eigenvalue weighted by atomic mass is 10.1. The van der Waals surface area contributed by atoms with Crippen LogP contribution < -0.4 is 5.32 Å². The molecule has 112 valence electrons. The second kappa shape index (κ2) is 5.42. The molecule has 2 aliphatic rings. The lowest BCUT2D eigenvalue weighted by molar-refractivity contribution is -0.136. The molecule has 21 heavy (non-hydrogen) atoms. The number of nitrogens with zero attached hydrogens (tertiary/aromatic N) is 2. The summed E-state index contributed by atoms with van der Waals surface area (Å²) in [5.74, 6) is -0.331. The molecule has 3 rings (SSSR count). The number of rotatable bonds is 3. The normalized spacial score (nSPS) is 26.5. The molecule has 1 aromatic heterocycles. The van der Waals surface area contributed by atoms with E-state index in [4.69, 9.17) is 0 Å². The summed E-state index contributed by atoms with van der Waals surface area (Å²) in [5.41, 5.74) is 0.638. The predicted octanol–water partition coefficient (Wildman–Crippen LogP) is 1.24. The molecule has 2 fully saturated rings. The Labute approximate surface area is 122 Å². The van der Waals surface area contributed by atoms with Crippen LogP contribution >= 0.6 is 0 Å². The van der Waals surface area contributed by atoms with Crippen LogP contribution in [-0.2, 0) is 16.1 Å². The van der Waals surface area contributed by atoms with Crippen molar-refractivity contribution in [3.8, 4) is 0 Å². The highest BCUT2D eigenvalue weighted by Gasteiger charge is 2.42. The Bertz CT molecular complexity index is 574. The summed E-state index contributed by atoms with van der Waals surface area (Å²) in [6.45, 7) is 2.13. The number of halogens is 1. The smallest absolute Gasteiger partial charge is 0.245 e. The Hall–Kier alpha value is -1.98. The summed E-state index contributed by atoms with van der Waals surface area (Å²) in [7, 11) is 0. The maximum Gasteiger partial charge on any atom is 0.245 e. The van der Waals surface area contributed by atoms with E-state index in [2.05, 4.69) is 10.3 Å². The van der Waals surface area contributed by atoms with Gasteiger partial charge in [0.25, 0.3) is 0 Å². The molecule has 2 atom stereocenters. The number of hydrogen-bond acceptors (Lipinski definition) is 3. The van der Waals surface area contributed by atoms with Crippen LogP contribution in [0, 0.1) is 11.7 Å². The number of nitrogens with one attached hydrogen (secondary N) is 1. The van der Waals surface area contributed by atoms with Crippen LogP contribution in [0.5, 0.6) is 0 Å². The summed E-state index contributed by atoms with van der Waals surface area (Å²) < 4.78 is 13.2. The maximum absolute atomic E-state index is 13.2. The van der Waals surface area contributed by atoms with Gasteiger partial charge in [-0.1, -0.05) is 0 Å². The number of carbonyl (C=O) groups is 2. The minimum Gasteiger partial charge on any atom is -0.344 e. The van der Waals surface area contributed by atoms with Crippen molar-refractivity contribution >= 4 is 11.8 Å². The zero-order chi connectivity index (χ0) is 15.0. The highest BCUT2D eigenvalue weighted by molar-refractivity contribution is 5.91. The van der Waals surface area contributed by atoms with E-state index in [0.717, 1.165) is 19.0 Å². The number of carbonyl (C=O) groups excluding carboxylic acids is 2. The van der Waals surface area contributed by atoms with Gasteiger partial charge < -0.3 is 10.2 Å². The molecule has 0 radical (unpaired) electrons. The average Bonchev–Trinajstić information content (AvgIpc) is 3.25. The van der Waals surface area contributed by atoms with Crippen molar-refractivity contribution in [2.45, 2.75) is 44.8 Å². The van der Waals surface area contributed by atoms with E-state index in [0.29, 0.717) is 5.56 Å². The topological polar surface area (TPSA) is 62.3 Å². The number of amides is 2. The average molecular weight is 291 g/mol. The summed E-state index contributed by atoms with van der Waals surface area (Å²) in [6, 6.07) is 0.743. The van der Waals surface area contributed by atoms with Crippen molar-refractivity contribution in [2.24, 2.45) is 5.92 Å². The van der Waals surface area contributed by atoms with Crippen molar-refractivity contribution < 1.29 is 14.0 Å². The van der Waals surface area contributed by atoms with Gasteiger partial charge in [0.1, 0.15) is 11.9 Å². The fraction of sp³-hybridized carbons (Fsp3) is 0.533. The van der Waals surface area contributed by atoms with Gasteiger partial charge in [-0.15, -0.1) is 0 Å². The van der Waals surface area contributed by atoms with E-state index >= 15 is 0 Å². The fourth-order valence-corrected chi connectivity index (χ4v) is 2.79. The molecule has 0 spiro atoms. The van der Waals surface area contributed by atoms with Crippen molar-refractivity contribution in [3.63, 3.8) is 0 Å². The first kappa shape index (κ1) is 14.0. The molecule has 1 saturated carbocycles. The zero-order valence-corrected chi connectivity index (χ0v) is 11.9. The van der Waals surface area contributed by atoms with E-state index in [-0.39, 0.29) is 36.7 Å². The quantitative estimate of drug-likeness (QED) is 0.911. The van der Waals surface area contributed by atoms with Crippen molar-refractivity contribution in [1.29, 1.82) is 0 Å². The van der Waals surface area contributed by atoms with Gasteiger partial charge in [0.15, 0.2) is 0 Å². The van der Waals surface area contributed by atoms with Gasteiger partial charge in [0, 0.05) is 25.2 Å². The van der Waals surface area contributed by atoms with E-state index in [1.54, 1.807) is 11.1 Å². The van der Waals surface area contributed by atoms with E-state index in [9.17, 15) is 14.0 Å². The Kier molecular flexibility index (Phi) is 3.61. The molecule has 6 heteroatoms. The first-order valence-electron chi connectivity index (χ1n) is 7.24. The van der Waals surface area contributed by atoms with Crippen LogP contribution in [-0.4, -0.2) is 33.8 Å². The molecule has 1 aromatic rings. The van der Waals surface area contributed by atoms with Crippen LogP contribution in [0.15, 0.2) is 18.5 Å². The fourth-order valence-electron chi connectivity index (χ4n) is 2.79. The summed E-state index contributed by atoms with van der Waals surface area (Å²) >= 11 is 0. The van der Waals surface area contributed by atoms with Crippen molar-refractivity contribution in [3.05, 3.63) is 29.8 Å². The van der Waals surface area contributed by atoms with Gasteiger partial charge in [0.2, 0.25) is 11.8 Å². The second-order valence-electron chi connectivity index (χ2n) is 5.91. The van der Waals surface area contributed by atoms with E-state index in [1.165, 1.54) is 6.07 Å². The third-order valence-electron chi connectivity index (χ3n) is 4.09. The highest BCUT2D eigenvalue weighted by atomic mass is 19.1. The van der Waals surface area contributed by atoms with Crippen LogP contribution in [0.4, 0.5) is 4.39 Å². The molecule has 0 bridgehead atoms. The predicted molar refractivity (Wildman–Crippen MR) is 73.5 cm³/mol. The minimum atomic E-state index is -0.427. The van der Waals surface area contributed by atoms with Gasteiger partial charge in [-0.25, -0.2) is 4.39 Å². The summed E-state index contributed by atoms with van der Waals surface area (Å²) in [4.78, 5) is 30.0. The third-order valence-corrected chi connectivity index (χ3v) is 4.09. The molecule has 2 unspecified atom stereocenters. The Morgan fingerprint density at radius 2 is 2.14 bits per heavy atom. The Morgan fingerprint density at radius 1 is 1.38 bits per heavy atom. The molecule has 5 nitrogen and oxygen atoms in total.